The van der Waals surface area contributed by atoms with E-state index >= 15 is 0 Å². The Morgan fingerprint density at radius 1 is 1.10 bits per heavy atom. The van der Waals surface area contributed by atoms with Gasteiger partial charge in [-0.15, -0.1) is 0 Å². The lowest BCUT2D eigenvalue weighted by Crippen LogP contribution is -2.20. The Kier molecular flexibility index (Phi) is 3.25. The SMILES string of the molecule is O=C1CC(c2ccc(O)cc2Br)Oc2cc(O)cc(O)c21. The van der Waals surface area contributed by atoms with E-state index in [9.17, 15) is 20.1 Å². The molecular weight excluding hydrogens is 340 g/mol. The van der Waals surface area contributed by atoms with Gasteiger partial charge in [-0.3, -0.25) is 4.79 Å². The van der Waals surface area contributed by atoms with Crippen molar-refractivity contribution in [2.24, 2.45) is 0 Å². The van der Waals surface area contributed by atoms with E-state index in [0.717, 1.165) is 6.07 Å². The number of Topliss-reactive ketones (excluding diaryl/α,β-unsaturated/α-hetero) is 1. The molecule has 2 aromatic rings. The molecule has 0 amide bonds. The molecule has 0 bridgehead atoms. The fourth-order valence-corrected chi connectivity index (χ4v) is 3.00. The first-order chi connectivity index (χ1) is 9.95. The second-order valence-electron chi connectivity index (χ2n) is 4.78. The number of rotatable bonds is 1. The van der Waals surface area contributed by atoms with Crippen LogP contribution < -0.4 is 4.74 Å². The van der Waals surface area contributed by atoms with Crippen LogP contribution in [0.5, 0.6) is 23.0 Å². The van der Waals surface area contributed by atoms with Crippen molar-refractivity contribution < 1.29 is 24.9 Å². The number of hydrogen-bond acceptors (Lipinski definition) is 5. The number of phenols is 3. The highest BCUT2D eigenvalue weighted by molar-refractivity contribution is 9.10. The maximum Gasteiger partial charge on any atom is 0.174 e. The first-order valence-corrected chi connectivity index (χ1v) is 6.99. The van der Waals surface area contributed by atoms with Crippen LogP contribution in [0.3, 0.4) is 0 Å². The molecule has 0 aliphatic carbocycles. The maximum atomic E-state index is 12.2. The summed E-state index contributed by atoms with van der Waals surface area (Å²) in [5.74, 6) is -0.487. The Morgan fingerprint density at radius 3 is 2.57 bits per heavy atom. The molecule has 0 radical (unpaired) electrons. The van der Waals surface area contributed by atoms with Crippen LogP contribution in [0.25, 0.3) is 0 Å². The van der Waals surface area contributed by atoms with Crippen molar-refractivity contribution in [1.82, 2.24) is 0 Å². The van der Waals surface area contributed by atoms with E-state index in [2.05, 4.69) is 15.9 Å². The molecule has 5 nitrogen and oxygen atoms in total. The summed E-state index contributed by atoms with van der Waals surface area (Å²) in [5, 5.41) is 28.7. The van der Waals surface area contributed by atoms with Gasteiger partial charge in [0.1, 0.15) is 34.7 Å². The molecule has 0 fully saturated rings. The zero-order chi connectivity index (χ0) is 15.1. The summed E-state index contributed by atoms with van der Waals surface area (Å²) in [4.78, 5) is 12.2. The van der Waals surface area contributed by atoms with Gasteiger partial charge in [-0.1, -0.05) is 22.0 Å². The lowest BCUT2D eigenvalue weighted by atomic mass is 9.95. The van der Waals surface area contributed by atoms with Crippen molar-refractivity contribution >= 4 is 21.7 Å². The molecule has 1 aliphatic rings. The quantitative estimate of drug-likeness (QED) is 0.734. The predicted molar refractivity (Wildman–Crippen MR) is 77.9 cm³/mol. The topological polar surface area (TPSA) is 87.0 Å². The summed E-state index contributed by atoms with van der Waals surface area (Å²) in [6, 6.07) is 7.08. The number of halogens is 1. The molecule has 6 heteroatoms. The van der Waals surface area contributed by atoms with Crippen LogP contribution in [0, 0.1) is 0 Å². The summed E-state index contributed by atoms with van der Waals surface area (Å²) < 4.78 is 6.34. The van der Waals surface area contributed by atoms with Gasteiger partial charge in [0.25, 0.3) is 0 Å². The molecule has 1 atom stereocenters. The van der Waals surface area contributed by atoms with Gasteiger partial charge in [0.2, 0.25) is 0 Å². The Morgan fingerprint density at radius 2 is 1.86 bits per heavy atom. The van der Waals surface area contributed by atoms with Crippen molar-refractivity contribution in [3.05, 3.63) is 45.9 Å². The van der Waals surface area contributed by atoms with E-state index in [4.69, 9.17) is 4.74 Å². The Balaban J connectivity index is 2.04. The lowest BCUT2D eigenvalue weighted by molar-refractivity contribution is 0.0844. The second-order valence-corrected chi connectivity index (χ2v) is 5.63. The third kappa shape index (κ3) is 2.42. The predicted octanol–water partition coefficient (Wildman–Crippen LogP) is 3.27. The maximum absolute atomic E-state index is 12.2. The van der Waals surface area contributed by atoms with Gasteiger partial charge in [0.15, 0.2) is 5.78 Å². The molecule has 0 saturated heterocycles. The summed E-state index contributed by atoms with van der Waals surface area (Å²) in [7, 11) is 0. The van der Waals surface area contributed by atoms with Crippen LogP contribution in [-0.4, -0.2) is 21.1 Å². The van der Waals surface area contributed by atoms with E-state index in [0.29, 0.717) is 10.0 Å². The number of carbonyl (C=O) groups is 1. The summed E-state index contributed by atoms with van der Waals surface area (Å²) in [6.45, 7) is 0. The fourth-order valence-electron chi connectivity index (χ4n) is 2.38. The van der Waals surface area contributed by atoms with E-state index in [1.807, 2.05) is 0 Å². The summed E-state index contributed by atoms with van der Waals surface area (Å²) in [6.07, 6.45) is -0.490. The number of phenolic OH excluding ortho intramolecular Hbond substituents is 3. The first-order valence-electron chi connectivity index (χ1n) is 6.20. The minimum Gasteiger partial charge on any atom is -0.508 e. The standard InChI is InChI=1S/C15H11BrO5/c16-10-3-7(17)1-2-9(10)13-6-12(20)15-11(19)4-8(18)5-14(15)21-13/h1-5,13,17-19H,6H2. The van der Waals surface area contributed by atoms with Crippen molar-refractivity contribution in [1.29, 1.82) is 0 Å². The molecule has 1 unspecified atom stereocenters. The van der Waals surface area contributed by atoms with Crippen LogP contribution in [0.15, 0.2) is 34.8 Å². The van der Waals surface area contributed by atoms with Gasteiger partial charge in [0.05, 0.1) is 6.42 Å². The normalized spacial score (nSPS) is 17.2. The zero-order valence-corrected chi connectivity index (χ0v) is 12.3. The van der Waals surface area contributed by atoms with E-state index in [1.165, 1.54) is 18.2 Å². The van der Waals surface area contributed by atoms with Crippen LogP contribution in [0.1, 0.15) is 28.4 Å². The summed E-state index contributed by atoms with van der Waals surface area (Å²) in [5.41, 5.74) is 0.786. The molecule has 2 aromatic carbocycles. The fraction of sp³-hybridized carbons (Fsp3) is 0.133. The third-order valence-corrected chi connectivity index (χ3v) is 4.00. The van der Waals surface area contributed by atoms with Gasteiger partial charge in [0, 0.05) is 22.2 Å². The molecule has 1 aliphatic heterocycles. The van der Waals surface area contributed by atoms with Gasteiger partial charge in [-0.2, -0.15) is 0 Å². The highest BCUT2D eigenvalue weighted by Crippen LogP contribution is 2.43. The molecule has 21 heavy (non-hydrogen) atoms. The molecule has 0 spiro atoms. The average molecular weight is 351 g/mol. The average Bonchev–Trinajstić information content (AvgIpc) is 2.36. The van der Waals surface area contributed by atoms with E-state index in [-0.39, 0.29) is 40.8 Å². The van der Waals surface area contributed by atoms with Crippen molar-refractivity contribution in [2.45, 2.75) is 12.5 Å². The highest BCUT2D eigenvalue weighted by Gasteiger charge is 2.31. The number of carbonyl (C=O) groups excluding carboxylic acids is 1. The Labute approximate surface area is 128 Å². The molecular formula is C15H11BrO5. The second kappa shape index (κ2) is 4.96. The van der Waals surface area contributed by atoms with Crippen molar-refractivity contribution in [3.8, 4) is 23.0 Å². The number of hydrogen-bond donors (Lipinski definition) is 3. The van der Waals surface area contributed by atoms with Crippen LogP contribution >= 0.6 is 15.9 Å². The van der Waals surface area contributed by atoms with Crippen molar-refractivity contribution in [2.75, 3.05) is 0 Å². The van der Waals surface area contributed by atoms with Gasteiger partial charge >= 0.3 is 0 Å². The van der Waals surface area contributed by atoms with Crippen LogP contribution in [0.4, 0.5) is 0 Å². The first kappa shape index (κ1) is 13.8. The lowest BCUT2D eigenvalue weighted by Gasteiger charge is -2.26. The number of aromatic hydroxyl groups is 3. The smallest absolute Gasteiger partial charge is 0.174 e. The molecule has 0 saturated carbocycles. The Hall–Kier alpha value is -2.21. The Bertz CT molecular complexity index is 741. The molecule has 108 valence electrons. The number of ketones is 1. The van der Waals surface area contributed by atoms with E-state index < -0.39 is 6.10 Å². The number of benzene rings is 2. The number of fused-ring (bicyclic) bond motifs is 1. The molecule has 0 aromatic heterocycles. The minimum absolute atomic E-state index is 0.0642. The molecule has 3 N–H and O–H groups in total. The van der Waals surface area contributed by atoms with Crippen LogP contribution in [0.2, 0.25) is 0 Å². The van der Waals surface area contributed by atoms with Gasteiger partial charge in [-0.25, -0.2) is 0 Å². The van der Waals surface area contributed by atoms with Gasteiger partial charge in [-0.05, 0) is 12.1 Å². The van der Waals surface area contributed by atoms with Crippen LogP contribution in [-0.2, 0) is 0 Å². The number of ether oxygens (including phenoxy) is 1. The molecule has 3 rings (SSSR count). The summed E-state index contributed by atoms with van der Waals surface area (Å²) >= 11 is 3.32. The monoisotopic (exact) mass is 350 g/mol. The largest absolute Gasteiger partial charge is 0.508 e. The van der Waals surface area contributed by atoms with Crippen molar-refractivity contribution in [3.63, 3.8) is 0 Å². The minimum atomic E-state index is -0.554. The zero-order valence-electron chi connectivity index (χ0n) is 10.7. The molecule has 1 heterocycles. The highest BCUT2D eigenvalue weighted by atomic mass is 79.9. The van der Waals surface area contributed by atoms with Gasteiger partial charge < -0.3 is 20.1 Å². The third-order valence-electron chi connectivity index (χ3n) is 3.32. The van der Waals surface area contributed by atoms with E-state index in [1.54, 1.807) is 6.07 Å².